The van der Waals surface area contributed by atoms with Crippen molar-refractivity contribution in [3.05, 3.63) is 27.4 Å². The van der Waals surface area contributed by atoms with Gasteiger partial charge in [0.1, 0.15) is 5.15 Å². The summed E-state index contributed by atoms with van der Waals surface area (Å²) in [6.07, 6.45) is 2.94. The number of halogens is 1. The molecule has 0 aromatic carbocycles. The van der Waals surface area contributed by atoms with Crippen LogP contribution in [0.1, 0.15) is 26.2 Å². The van der Waals surface area contributed by atoms with E-state index in [0.29, 0.717) is 6.61 Å². The SMILES string of the molecule is CCCCCOc1nc(Cl)ccc1[N+](=O)[O-]. The Morgan fingerprint density at radius 3 is 2.88 bits per heavy atom. The highest BCUT2D eigenvalue weighted by Gasteiger charge is 2.16. The Hall–Kier alpha value is -1.36. The van der Waals surface area contributed by atoms with Crippen molar-refractivity contribution in [2.75, 3.05) is 6.61 Å². The van der Waals surface area contributed by atoms with Crippen molar-refractivity contribution < 1.29 is 9.66 Å². The second-order valence-corrected chi connectivity index (χ2v) is 3.66. The lowest BCUT2D eigenvalue weighted by Gasteiger charge is -2.05. The van der Waals surface area contributed by atoms with Gasteiger partial charge in [-0.05, 0) is 12.5 Å². The molecular formula is C10H13ClN2O3. The van der Waals surface area contributed by atoms with E-state index in [-0.39, 0.29) is 16.7 Å². The fraction of sp³-hybridized carbons (Fsp3) is 0.500. The Morgan fingerprint density at radius 2 is 2.25 bits per heavy atom. The van der Waals surface area contributed by atoms with Crippen LogP contribution in [0.4, 0.5) is 5.69 Å². The first-order valence-corrected chi connectivity index (χ1v) is 5.46. The molecule has 0 spiro atoms. The minimum absolute atomic E-state index is 0.00592. The van der Waals surface area contributed by atoms with E-state index in [0.717, 1.165) is 19.3 Å². The van der Waals surface area contributed by atoms with Crippen molar-refractivity contribution in [2.45, 2.75) is 26.2 Å². The lowest BCUT2D eigenvalue weighted by atomic mass is 10.3. The van der Waals surface area contributed by atoms with Gasteiger partial charge in [0.15, 0.2) is 0 Å². The maximum Gasteiger partial charge on any atom is 0.331 e. The summed E-state index contributed by atoms with van der Waals surface area (Å²) in [7, 11) is 0. The van der Waals surface area contributed by atoms with Gasteiger partial charge in [-0.25, -0.2) is 0 Å². The number of unbranched alkanes of at least 4 members (excludes halogenated alkanes) is 2. The van der Waals surface area contributed by atoms with Crippen molar-refractivity contribution in [2.24, 2.45) is 0 Å². The summed E-state index contributed by atoms with van der Waals surface area (Å²) in [6.45, 7) is 2.49. The van der Waals surface area contributed by atoms with Crippen LogP contribution in [-0.4, -0.2) is 16.5 Å². The molecule has 1 aromatic heterocycles. The van der Waals surface area contributed by atoms with Crippen molar-refractivity contribution >= 4 is 17.3 Å². The van der Waals surface area contributed by atoms with Crippen LogP contribution >= 0.6 is 11.6 Å². The van der Waals surface area contributed by atoms with Crippen LogP contribution in [0, 0.1) is 10.1 Å². The van der Waals surface area contributed by atoms with Crippen LogP contribution in [-0.2, 0) is 0 Å². The summed E-state index contributed by atoms with van der Waals surface area (Å²) in [4.78, 5) is 13.9. The summed E-state index contributed by atoms with van der Waals surface area (Å²) in [5, 5.41) is 10.9. The molecule has 1 aromatic rings. The second kappa shape index (κ2) is 6.27. The number of nitro groups is 1. The van der Waals surface area contributed by atoms with Gasteiger partial charge in [0.05, 0.1) is 11.5 Å². The number of pyridine rings is 1. The molecule has 0 bridgehead atoms. The van der Waals surface area contributed by atoms with E-state index in [1.165, 1.54) is 12.1 Å². The molecule has 88 valence electrons. The van der Waals surface area contributed by atoms with Gasteiger partial charge in [0, 0.05) is 6.07 Å². The lowest BCUT2D eigenvalue weighted by molar-refractivity contribution is -0.386. The van der Waals surface area contributed by atoms with Crippen molar-refractivity contribution in [1.82, 2.24) is 4.98 Å². The highest BCUT2D eigenvalue weighted by molar-refractivity contribution is 6.29. The highest BCUT2D eigenvalue weighted by atomic mass is 35.5. The van der Waals surface area contributed by atoms with E-state index in [2.05, 4.69) is 11.9 Å². The van der Waals surface area contributed by atoms with Gasteiger partial charge in [0.25, 0.3) is 5.88 Å². The van der Waals surface area contributed by atoms with Gasteiger partial charge < -0.3 is 4.74 Å². The smallest absolute Gasteiger partial charge is 0.331 e. The molecule has 0 aliphatic carbocycles. The van der Waals surface area contributed by atoms with Gasteiger partial charge in [-0.3, -0.25) is 10.1 Å². The molecule has 0 N–H and O–H groups in total. The predicted octanol–water partition coefficient (Wildman–Crippen LogP) is 3.21. The number of ether oxygens (including phenoxy) is 1. The predicted molar refractivity (Wildman–Crippen MR) is 60.9 cm³/mol. The Kier molecular flexibility index (Phi) is 4.98. The molecule has 0 atom stereocenters. The Labute approximate surface area is 98.5 Å². The first-order valence-electron chi connectivity index (χ1n) is 5.09. The number of nitrogens with zero attached hydrogens (tertiary/aromatic N) is 2. The second-order valence-electron chi connectivity index (χ2n) is 3.27. The molecule has 0 saturated carbocycles. The van der Waals surface area contributed by atoms with Crippen LogP contribution < -0.4 is 4.74 Å². The fourth-order valence-corrected chi connectivity index (χ4v) is 1.32. The van der Waals surface area contributed by atoms with Crippen LogP contribution in [0.15, 0.2) is 12.1 Å². The number of rotatable bonds is 6. The van der Waals surface area contributed by atoms with E-state index in [4.69, 9.17) is 16.3 Å². The molecule has 6 heteroatoms. The third-order valence-corrected chi connectivity index (χ3v) is 2.20. The normalized spacial score (nSPS) is 10.1. The maximum atomic E-state index is 10.7. The minimum Gasteiger partial charge on any atom is -0.473 e. The third kappa shape index (κ3) is 3.66. The van der Waals surface area contributed by atoms with Gasteiger partial charge in [-0.15, -0.1) is 0 Å². The maximum absolute atomic E-state index is 10.7. The zero-order valence-corrected chi connectivity index (χ0v) is 9.74. The summed E-state index contributed by atoms with van der Waals surface area (Å²) < 4.78 is 5.24. The molecule has 0 saturated heterocycles. The third-order valence-electron chi connectivity index (χ3n) is 1.99. The summed E-state index contributed by atoms with van der Waals surface area (Å²) in [6, 6.07) is 2.67. The zero-order chi connectivity index (χ0) is 12.0. The number of hydrogen-bond acceptors (Lipinski definition) is 4. The molecule has 1 rings (SSSR count). The molecule has 0 unspecified atom stereocenters. The monoisotopic (exact) mass is 244 g/mol. The van der Waals surface area contributed by atoms with Crippen LogP contribution in [0.25, 0.3) is 0 Å². The molecule has 0 fully saturated rings. The van der Waals surface area contributed by atoms with E-state index >= 15 is 0 Å². The fourth-order valence-electron chi connectivity index (χ4n) is 1.18. The van der Waals surface area contributed by atoms with E-state index < -0.39 is 4.92 Å². The number of aromatic nitrogens is 1. The lowest BCUT2D eigenvalue weighted by Crippen LogP contribution is -2.02. The molecule has 0 radical (unpaired) electrons. The van der Waals surface area contributed by atoms with Crippen LogP contribution in [0.5, 0.6) is 5.88 Å². The topological polar surface area (TPSA) is 65.3 Å². The van der Waals surface area contributed by atoms with Crippen LogP contribution in [0.3, 0.4) is 0 Å². The first-order chi connectivity index (χ1) is 7.65. The first kappa shape index (κ1) is 12.7. The van der Waals surface area contributed by atoms with Gasteiger partial charge >= 0.3 is 5.69 Å². The number of hydrogen-bond donors (Lipinski definition) is 0. The standard InChI is InChI=1S/C10H13ClN2O3/c1-2-3-4-7-16-10-8(13(14)15)5-6-9(11)12-10/h5-6H,2-4,7H2,1H3. The van der Waals surface area contributed by atoms with Gasteiger partial charge in [0.2, 0.25) is 0 Å². The van der Waals surface area contributed by atoms with Crippen LogP contribution in [0.2, 0.25) is 5.15 Å². The average Bonchev–Trinajstić information content (AvgIpc) is 2.24. The molecule has 0 aliphatic heterocycles. The molecule has 5 nitrogen and oxygen atoms in total. The van der Waals surface area contributed by atoms with Gasteiger partial charge in [-0.2, -0.15) is 4.98 Å². The Balaban J connectivity index is 2.68. The van der Waals surface area contributed by atoms with E-state index in [1.807, 2.05) is 0 Å². The molecule has 0 amide bonds. The highest BCUT2D eigenvalue weighted by Crippen LogP contribution is 2.26. The quantitative estimate of drug-likeness (QED) is 0.334. The zero-order valence-electron chi connectivity index (χ0n) is 8.98. The Morgan fingerprint density at radius 1 is 1.50 bits per heavy atom. The molecule has 1 heterocycles. The van der Waals surface area contributed by atoms with Crippen molar-refractivity contribution in [3.8, 4) is 5.88 Å². The summed E-state index contributed by atoms with van der Waals surface area (Å²) >= 11 is 5.65. The average molecular weight is 245 g/mol. The minimum atomic E-state index is -0.529. The largest absolute Gasteiger partial charge is 0.473 e. The molecule has 0 aliphatic rings. The van der Waals surface area contributed by atoms with Crippen molar-refractivity contribution in [1.29, 1.82) is 0 Å². The summed E-state index contributed by atoms with van der Waals surface area (Å²) in [5.74, 6) is -0.00592. The molecule has 16 heavy (non-hydrogen) atoms. The Bertz CT molecular complexity index is 371. The molecular weight excluding hydrogens is 232 g/mol. The van der Waals surface area contributed by atoms with E-state index in [1.54, 1.807) is 0 Å². The summed E-state index contributed by atoms with van der Waals surface area (Å²) in [5.41, 5.74) is -0.152. The van der Waals surface area contributed by atoms with Crippen molar-refractivity contribution in [3.63, 3.8) is 0 Å². The van der Waals surface area contributed by atoms with E-state index in [9.17, 15) is 10.1 Å². The van der Waals surface area contributed by atoms with Gasteiger partial charge in [-0.1, -0.05) is 31.4 Å².